The molecular formula is C13H10N2O4. The topological polar surface area (TPSA) is 96.0 Å². The molecule has 0 bridgehead atoms. The van der Waals surface area contributed by atoms with E-state index in [1.165, 1.54) is 30.5 Å². The van der Waals surface area contributed by atoms with Crippen LogP contribution in [0, 0.1) is 10.1 Å². The molecule has 19 heavy (non-hydrogen) atoms. The maximum absolute atomic E-state index is 10.7. The maximum atomic E-state index is 10.7. The molecule has 0 aliphatic rings. The third-order valence-corrected chi connectivity index (χ3v) is 2.43. The molecule has 0 fully saturated rings. The van der Waals surface area contributed by atoms with Crippen molar-refractivity contribution < 1.29 is 15.1 Å². The molecule has 0 radical (unpaired) electrons. The van der Waals surface area contributed by atoms with E-state index in [0.717, 1.165) is 0 Å². The summed E-state index contributed by atoms with van der Waals surface area (Å²) in [7, 11) is 0. The van der Waals surface area contributed by atoms with Crippen LogP contribution in [-0.2, 0) is 0 Å². The molecule has 0 saturated carbocycles. The zero-order valence-corrected chi connectivity index (χ0v) is 9.72. The van der Waals surface area contributed by atoms with E-state index in [9.17, 15) is 20.3 Å². The van der Waals surface area contributed by atoms with Crippen LogP contribution in [0.1, 0.15) is 5.56 Å². The molecule has 0 atom stereocenters. The number of hydrogen-bond acceptors (Lipinski definition) is 5. The number of hydrogen-bond donors (Lipinski definition) is 2. The summed E-state index contributed by atoms with van der Waals surface area (Å²) in [5.41, 5.74) is 0.423. The van der Waals surface area contributed by atoms with Crippen LogP contribution < -0.4 is 0 Å². The van der Waals surface area contributed by atoms with Crippen LogP contribution in [0.5, 0.6) is 11.5 Å². The standard InChI is InChI=1S/C13H10N2O4/c16-12-4-2-1-3-10(12)14-8-9-5-6-13(17)11(7-9)15(18)19/h1-8,16-17H. The average molecular weight is 258 g/mol. The van der Waals surface area contributed by atoms with Gasteiger partial charge in [0.2, 0.25) is 0 Å². The molecular weight excluding hydrogens is 248 g/mol. The predicted molar refractivity (Wildman–Crippen MR) is 70.1 cm³/mol. The maximum Gasteiger partial charge on any atom is 0.311 e. The Balaban J connectivity index is 2.32. The highest BCUT2D eigenvalue weighted by Crippen LogP contribution is 2.27. The lowest BCUT2D eigenvalue weighted by Crippen LogP contribution is -1.90. The molecule has 2 aromatic rings. The summed E-state index contributed by atoms with van der Waals surface area (Å²) in [6.07, 6.45) is 1.38. The number of benzene rings is 2. The summed E-state index contributed by atoms with van der Waals surface area (Å²) in [5, 5.41) is 29.5. The van der Waals surface area contributed by atoms with Gasteiger partial charge in [-0.1, -0.05) is 12.1 Å². The van der Waals surface area contributed by atoms with Crippen molar-refractivity contribution >= 4 is 17.6 Å². The van der Waals surface area contributed by atoms with Crippen molar-refractivity contribution in [3.8, 4) is 11.5 Å². The summed E-state index contributed by atoms with van der Waals surface area (Å²) in [4.78, 5) is 14.0. The Morgan fingerprint density at radius 1 is 1.11 bits per heavy atom. The van der Waals surface area contributed by atoms with E-state index in [4.69, 9.17) is 0 Å². The number of para-hydroxylation sites is 2. The second kappa shape index (κ2) is 5.18. The van der Waals surface area contributed by atoms with E-state index in [1.54, 1.807) is 18.2 Å². The summed E-state index contributed by atoms with van der Waals surface area (Å²) in [6, 6.07) is 10.4. The number of phenols is 2. The Kier molecular flexibility index (Phi) is 3.42. The van der Waals surface area contributed by atoms with Gasteiger partial charge in [0.25, 0.3) is 0 Å². The minimum absolute atomic E-state index is 0.0204. The molecule has 2 aromatic carbocycles. The van der Waals surface area contributed by atoms with Gasteiger partial charge in [0.15, 0.2) is 5.75 Å². The molecule has 6 heteroatoms. The van der Waals surface area contributed by atoms with Gasteiger partial charge in [0.1, 0.15) is 11.4 Å². The number of aromatic hydroxyl groups is 2. The Labute approximate surface area is 108 Å². The van der Waals surface area contributed by atoms with Crippen molar-refractivity contribution in [2.75, 3.05) is 0 Å². The molecule has 0 heterocycles. The Morgan fingerprint density at radius 3 is 2.53 bits per heavy atom. The van der Waals surface area contributed by atoms with Crippen molar-refractivity contribution in [1.82, 2.24) is 0 Å². The highest BCUT2D eigenvalue weighted by Gasteiger charge is 2.12. The van der Waals surface area contributed by atoms with Crippen LogP contribution >= 0.6 is 0 Å². The fourth-order valence-electron chi connectivity index (χ4n) is 1.48. The normalized spacial score (nSPS) is 10.7. The van der Waals surface area contributed by atoms with Crippen LogP contribution in [-0.4, -0.2) is 21.4 Å². The molecule has 2 rings (SSSR count). The lowest BCUT2D eigenvalue weighted by Gasteiger charge is -1.99. The number of nitro groups is 1. The molecule has 0 unspecified atom stereocenters. The second-order valence-electron chi connectivity index (χ2n) is 3.75. The van der Waals surface area contributed by atoms with Crippen molar-refractivity contribution in [3.63, 3.8) is 0 Å². The quantitative estimate of drug-likeness (QED) is 0.502. The second-order valence-corrected chi connectivity index (χ2v) is 3.75. The number of nitrogens with zero attached hydrogens (tertiary/aromatic N) is 2. The fourth-order valence-corrected chi connectivity index (χ4v) is 1.48. The van der Waals surface area contributed by atoms with E-state index >= 15 is 0 Å². The molecule has 0 spiro atoms. The Bertz CT molecular complexity index is 653. The van der Waals surface area contributed by atoms with E-state index in [-0.39, 0.29) is 11.4 Å². The molecule has 2 N–H and O–H groups in total. The van der Waals surface area contributed by atoms with Gasteiger partial charge in [0, 0.05) is 12.3 Å². The molecule has 0 aromatic heterocycles. The van der Waals surface area contributed by atoms with Crippen molar-refractivity contribution in [2.24, 2.45) is 4.99 Å². The molecule has 0 aliphatic heterocycles. The molecule has 96 valence electrons. The Morgan fingerprint density at radius 2 is 1.84 bits per heavy atom. The van der Waals surface area contributed by atoms with Crippen LogP contribution in [0.4, 0.5) is 11.4 Å². The highest BCUT2D eigenvalue weighted by atomic mass is 16.6. The van der Waals surface area contributed by atoms with Crippen molar-refractivity contribution in [1.29, 1.82) is 0 Å². The SMILES string of the molecule is O=[N+]([O-])c1cc(C=Nc2ccccc2O)ccc1O. The zero-order valence-electron chi connectivity index (χ0n) is 9.72. The first-order valence-corrected chi connectivity index (χ1v) is 5.37. The summed E-state index contributed by atoms with van der Waals surface area (Å²) >= 11 is 0. The lowest BCUT2D eigenvalue weighted by molar-refractivity contribution is -0.385. The molecule has 6 nitrogen and oxygen atoms in total. The van der Waals surface area contributed by atoms with Gasteiger partial charge >= 0.3 is 5.69 Å². The van der Waals surface area contributed by atoms with Gasteiger partial charge in [-0.25, -0.2) is 0 Å². The largest absolute Gasteiger partial charge is 0.506 e. The Hall–Kier alpha value is -2.89. The molecule has 0 aliphatic carbocycles. The summed E-state index contributed by atoms with van der Waals surface area (Å²) < 4.78 is 0. The minimum atomic E-state index is -0.674. The minimum Gasteiger partial charge on any atom is -0.506 e. The highest BCUT2D eigenvalue weighted by molar-refractivity contribution is 5.84. The van der Waals surface area contributed by atoms with E-state index < -0.39 is 10.7 Å². The average Bonchev–Trinajstić information content (AvgIpc) is 2.39. The van der Waals surface area contributed by atoms with Gasteiger partial charge in [-0.15, -0.1) is 0 Å². The van der Waals surface area contributed by atoms with Gasteiger partial charge in [-0.05, 0) is 29.8 Å². The summed E-state index contributed by atoms with van der Waals surface area (Å²) in [6.45, 7) is 0. The van der Waals surface area contributed by atoms with Crippen LogP contribution in [0.15, 0.2) is 47.5 Å². The monoisotopic (exact) mass is 258 g/mol. The van der Waals surface area contributed by atoms with Crippen LogP contribution in [0.3, 0.4) is 0 Å². The fraction of sp³-hybridized carbons (Fsp3) is 0. The lowest BCUT2D eigenvalue weighted by atomic mass is 10.2. The van der Waals surface area contributed by atoms with Gasteiger partial charge in [0.05, 0.1) is 4.92 Å². The van der Waals surface area contributed by atoms with Gasteiger partial charge < -0.3 is 10.2 Å². The number of phenolic OH excluding ortho intramolecular Hbond substituents is 2. The third-order valence-electron chi connectivity index (χ3n) is 2.43. The van der Waals surface area contributed by atoms with Gasteiger partial charge in [-0.3, -0.25) is 15.1 Å². The first-order chi connectivity index (χ1) is 9.08. The van der Waals surface area contributed by atoms with Gasteiger partial charge in [-0.2, -0.15) is 0 Å². The number of rotatable bonds is 3. The zero-order chi connectivity index (χ0) is 13.8. The predicted octanol–water partition coefficient (Wildman–Crippen LogP) is 2.76. The number of aliphatic imine (C=N–C) groups is 1. The number of nitro benzene ring substituents is 1. The van der Waals surface area contributed by atoms with E-state index in [2.05, 4.69) is 4.99 Å². The van der Waals surface area contributed by atoms with Crippen LogP contribution in [0.25, 0.3) is 0 Å². The third kappa shape index (κ3) is 2.86. The summed E-state index contributed by atoms with van der Waals surface area (Å²) in [5.74, 6) is -0.378. The van der Waals surface area contributed by atoms with E-state index in [1.807, 2.05) is 0 Å². The molecule has 0 saturated heterocycles. The van der Waals surface area contributed by atoms with Crippen LogP contribution in [0.2, 0.25) is 0 Å². The first-order valence-electron chi connectivity index (χ1n) is 5.37. The van der Waals surface area contributed by atoms with E-state index in [0.29, 0.717) is 11.3 Å². The smallest absolute Gasteiger partial charge is 0.311 e. The first kappa shape index (κ1) is 12.6. The van der Waals surface area contributed by atoms with Crippen molar-refractivity contribution in [2.45, 2.75) is 0 Å². The molecule has 0 amide bonds. The van der Waals surface area contributed by atoms with Crippen molar-refractivity contribution in [3.05, 3.63) is 58.1 Å².